The molecule has 3 amide bonds. The first kappa shape index (κ1) is 19.2. The van der Waals surface area contributed by atoms with Crippen LogP contribution in [0.2, 0.25) is 0 Å². The minimum absolute atomic E-state index is 0.0592. The van der Waals surface area contributed by atoms with E-state index in [0.717, 1.165) is 5.75 Å². The lowest BCUT2D eigenvalue weighted by molar-refractivity contribution is -0.121. The van der Waals surface area contributed by atoms with Crippen LogP contribution in [0, 0.1) is 6.92 Å². The summed E-state index contributed by atoms with van der Waals surface area (Å²) in [5.74, 6) is 0.194. The summed E-state index contributed by atoms with van der Waals surface area (Å²) < 4.78 is 0. The van der Waals surface area contributed by atoms with Gasteiger partial charge in [0.1, 0.15) is 0 Å². The number of hydrogen-bond donors (Lipinski definition) is 1. The molecule has 5 nitrogen and oxygen atoms in total. The van der Waals surface area contributed by atoms with Crippen molar-refractivity contribution in [2.24, 2.45) is 0 Å². The van der Waals surface area contributed by atoms with Crippen LogP contribution >= 0.6 is 11.8 Å². The molecule has 140 valence electrons. The molecule has 0 bridgehead atoms. The van der Waals surface area contributed by atoms with Gasteiger partial charge in [-0.05, 0) is 37.6 Å². The van der Waals surface area contributed by atoms with Crippen LogP contribution in [0.1, 0.15) is 39.1 Å². The first-order chi connectivity index (χ1) is 13.1. The maximum atomic E-state index is 12.3. The van der Waals surface area contributed by atoms with Crippen molar-refractivity contribution in [3.05, 3.63) is 65.2 Å². The zero-order valence-electron chi connectivity index (χ0n) is 15.2. The van der Waals surface area contributed by atoms with E-state index >= 15 is 0 Å². The number of rotatable bonds is 8. The highest BCUT2D eigenvalue weighted by molar-refractivity contribution is 7.99. The Kier molecular flexibility index (Phi) is 6.29. The van der Waals surface area contributed by atoms with Gasteiger partial charge in [-0.25, -0.2) is 0 Å². The molecular formula is C21H22N2O3S. The lowest BCUT2D eigenvalue weighted by atomic mass is 10.1. The van der Waals surface area contributed by atoms with Crippen LogP contribution in [-0.2, 0) is 4.79 Å². The molecule has 1 aliphatic heterocycles. The van der Waals surface area contributed by atoms with E-state index in [-0.39, 0.29) is 24.3 Å². The van der Waals surface area contributed by atoms with Gasteiger partial charge < -0.3 is 5.32 Å². The van der Waals surface area contributed by atoms with Crippen LogP contribution in [0.15, 0.2) is 53.4 Å². The van der Waals surface area contributed by atoms with Crippen LogP contribution in [-0.4, -0.2) is 41.5 Å². The Morgan fingerprint density at radius 2 is 1.63 bits per heavy atom. The molecule has 1 N–H and O–H groups in total. The maximum Gasteiger partial charge on any atom is 0.261 e. The molecule has 2 aromatic rings. The summed E-state index contributed by atoms with van der Waals surface area (Å²) in [5, 5.41) is 2.88. The van der Waals surface area contributed by atoms with E-state index in [1.54, 1.807) is 36.0 Å². The minimum atomic E-state index is -0.273. The molecule has 3 rings (SSSR count). The fraction of sp³-hybridized carbons (Fsp3) is 0.286. The predicted octanol–water partition coefficient (Wildman–Crippen LogP) is 3.28. The van der Waals surface area contributed by atoms with Crippen LogP contribution < -0.4 is 5.32 Å². The first-order valence-corrected chi connectivity index (χ1v) is 9.96. The Bertz CT molecular complexity index is 814. The van der Waals surface area contributed by atoms with E-state index in [0.29, 0.717) is 30.5 Å². The van der Waals surface area contributed by atoms with Crippen LogP contribution in [0.3, 0.4) is 0 Å². The number of thioether (sulfide) groups is 1. The third kappa shape index (κ3) is 4.77. The number of imide groups is 1. The summed E-state index contributed by atoms with van der Waals surface area (Å²) in [6.45, 7) is 2.90. The van der Waals surface area contributed by atoms with Crippen molar-refractivity contribution < 1.29 is 14.4 Å². The molecule has 0 fully saturated rings. The lowest BCUT2D eigenvalue weighted by Gasteiger charge is -2.13. The zero-order chi connectivity index (χ0) is 19.2. The van der Waals surface area contributed by atoms with Gasteiger partial charge in [0.25, 0.3) is 11.8 Å². The predicted molar refractivity (Wildman–Crippen MR) is 106 cm³/mol. The minimum Gasteiger partial charge on any atom is -0.355 e. The number of nitrogens with zero attached hydrogens (tertiary/aromatic N) is 1. The molecule has 0 aromatic heterocycles. The summed E-state index contributed by atoms with van der Waals surface area (Å²) in [5.41, 5.74) is 2.12. The van der Waals surface area contributed by atoms with Gasteiger partial charge in [0.15, 0.2) is 0 Å². The highest BCUT2D eigenvalue weighted by Crippen LogP contribution is 2.22. The normalized spacial score (nSPS) is 13.0. The van der Waals surface area contributed by atoms with Crippen molar-refractivity contribution in [2.45, 2.75) is 24.7 Å². The Morgan fingerprint density at radius 1 is 1.00 bits per heavy atom. The zero-order valence-corrected chi connectivity index (χ0v) is 16.1. The molecule has 1 aliphatic rings. The highest BCUT2D eigenvalue weighted by Gasteiger charge is 2.34. The molecular weight excluding hydrogens is 360 g/mol. The maximum absolute atomic E-state index is 12.3. The largest absolute Gasteiger partial charge is 0.355 e. The summed E-state index contributed by atoms with van der Waals surface area (Å²) in [6.07, 6.45) is 0.755. The smallest absolute Gasteiger partial charge is 0.261 e. The summed E-state index contributed by atoms with van der Waals surface area (Å²) >= 11 is 1.70. The molecule has 0 radical (unpaired) electrons. The van der Waals surface area contributed by atoms with E-state index < -0.39 is 0 Å². The molecule has 2 aromatic carbocycles. The molecule has 0 saturated heterocycles. The topological polar surface area (TPSA) is 66.5 Å². The fourth-order valence-corrected chi connectivity index (χ4v) is 3.69. The fourth-order valence-electron chi connectivity index (χ4n) is 2.92. The van der Waals surface area contributed by atoms with Crippen molar-refractivity contribution in [1.82, 2.24) is 10.2 Å². The molecule has 0 spiro atoms. The summed E-state index contributed by atoms with van der Waals surface area (Å²) in [6, 6.07) is 15.1. The van der Waals surface area contributed by atoms with Crippen molar-refractivity contribution in [3.8, 4) is 0 Å². The molecule has 0 atom stereocenters. The van der Waals surface area contributed by atoms with Gasteiger partial charge >= 0.3 is 0 Å². The first-order valence-electron chi connectivity index (χ1n) is 8.97. The Balaban J connectivity index is 1.35. The summed E-state index contributed by atoms with van der Waals surface area (Å²) in [4.78, 5) is 38.9. The number of fused-ring (bicyclic) bond motifs is 1. The Morgan fingerprint density at radius 3 is 2.26 bits per heavy atom. The van der Waals surface area contributed by atoms with Crippen molar-refractivity contribution in [2.75, 3.05) is 18.8 Å². The molecule has 0 saturated carbocycles. The third-order valence-electron chi connectivity index (χ3n) is 4.38. The number of aryl methyl sites for hydroxylation is 1. The molecule has 0 unspecified atom stereocenters. The number of hydrogen-bond acceptors (Lipinski definition) is 4. The van der Waals surface area contributed by atoms with E-state index in [2.05, 4.69) is 36.5 Å². The number of nitrogens with one attached hydrogen (secondary N) is 1. The van der Waals surface area contributed by atoms with Crippen molar-refractivity contribution in [1.29, 1.82) is 0 Å². The van der Waals surface area contributed by atoms with E-state index in [9.17, 15) is 14.4 Å². The van der Waals surface area contributed by atoms with Gasteiger partial charge in [0.2, 0.25) is 5.91 Å². The van der Waals surface area contributed by atoms with Gasteiger partial charge in [0.05, 0.1) is 11.1 Å². The standard InChI is InChI=1S/C21H22N2O3S/c1-15-8-10-16(11-9-15)27-14-12-22-19(24)7-4-13-23-20(25)17-5-2-3-6-18(17)21(23)26/h2-3,5-6,8-11H,4,7,12-14H2,1H3,(H,22,24). The van der Waals surface area contributed by atoms with Crippen LogP contribution in [0.25, 0.3) is 0 Å². The molecule has 27 heavy (non-hydrogen) atoms. The Labute approximate surface area is 163 Å². The number of benzene rings is 2. The second-order valence-electron chi connectivity index (χ2n) is 6.42. The van der Waals surface area contributed by atoms with E-state index in [1.807, 2.05) is 0 Å². The van der Waals surface area contributed by atoms with Gasteiger partial charge in [-0.2, -0.15) is 0 Å². The monoisotopic (exact) mass is 382 g/mol. The SMILES string of the molecule is Cc1ccc(SCCNC(=O)CCCN2C(=O)c3ccccc3C2=O)cc1. The molecule has 1 heterocycles. The lowest BCUT2D eigenvalue weighted by Crippen LogP contribution is -2.32. The van der Waals surface area contributed by atoms with Crippen molar-refractivity contribution >= 4 is 29.5 Å². The number of carbonyl (C=O) groups is 3. The highest BCUT2D eigenvalue weighted by atomic mass is 32.2. The second-order valence-corrected chi connectivity index (χ2v) is 7.59. The second kappa shape index (κ2) is 8.86. The van der Waals surface area contributed by atoms with Gasteiger partial charge in [0, 0.05) is 30.2 Å². The molecule has 6 heteroatoms. The Hall–Kier alpha value is -2.60. The van der Waals surface area contributed by atoms with Crippen molar-refractivity contribution in [3.63, 3.8) is 0 Å². The van der Waals surface area contributed by atoms with Gasteiger partial charge in [-0.15, -0.1) is 11.8 Å². The third-order valence-corrected chi connectivity index (χ3v) is 5.39. The number of carbonyl (C=O) groups excluding carboxylic acids is 3. The van der Waals surface area contributed by atoms with E-state index in [4.69, 9.17) is 0 Å². The molecule has 0 aliphatic carbocycles. The van der Waals surface area contributed by atoms with Gasteiger partial charge in [-0.1, -0.05) is 29.8 Å². The quantitative estimate of drug-likeness (QED) is 0.432. The van der Waals surface area contributed by atoms with Crippen LogP contribution in [0.4, 0.5) is 0 Å². The average Bonchev–Trinajstić information content (AvgIpc) is 2.92. The van der Waals surface area contributed by atoms with Gasteiger partial charge in [-0.3, -0.25) is 19.3 Å². The average molecular weight is 382 g/mol. The van der Waals surface area contributed by atoms with E-state index in [1.165, 1.54) is 15.4 Å². The van der Waals surface area contributed by atoms with Crippen LogP contribution in [0.5, 0.6) is 0 Å². The number of amides is 3. The summed E-state index contributed by atoms with van der Waals surface area (Å²) in [7, 11) is 0.